The highest BCUT2D eigenvalue weighted by molar-refractivity contribution is 6.01. The number of nitrogens with two attached hydrogens (primary N) is 1. The minimum Gasteiger partial charge on any atom is -0.479 e. The average molecular weight is 206 g/mol. The summed E-state index contributed by atoms with van der Waals surface area (Å²) in [4.78, 5) is 31.4. The fourth-order valence-corrected chi connectivity index (χ4v) is 0.561. The Morgan fingerprint density at radius 3 is 1.93 bits per heavy atom. The molecule has 0 aliphatic heterocycles. The van der Waals surface area contributed by atoms with Gasteiger partial charge in [-0.15, -0.1) is 0 Å². The minimum atomic E-state index is -2.06. The van der Waals surface area contributed by atoms with Gasteiger partial charge in [0.15, 0.2) is 0 Å². The Morgan fingerprint density at radius 2 is 1.64 bits per heavy atom. The van der Waals surface area contributed by atoms with Crippen LogP contribution in [0.2, 0.25) is 0 Å². The largest absolute Gasteiger partial charge is 0.479 e. The summed E-state index contributed by atoms with van der Waals surface area (Å²) in [5.74, 6) is -4.46. The van der Waals surface area contributed by atoms with Crippen molar-refractivity contribution < 1.29 is 29.7 Å². The van der Waals surface area contributed by atoms with Gasteiger partial charge in [0, 0.05) is 0 Å². The minimum absolute atomic E-state index is 0.697. The summed E-state index contributed by atoms with van der Waals surface area (Å²) < 4.78 is 0. The molecule has 6 N–H and O–H groups in total. The SMILES string of the molecule is N[C@@H](CO)C(=O)NC(C(=O)O)C(=O)O. The van der Waals surface area contributed by atoms with Crippen LogP contribution in [0.3, 0.4) is 0 Å². The van der Waals surface area contributed by atoms with Crippen molar-refractivity contribution in [2.24, 2.45) is 5.73 Å². The quantitative estimate of drug-likeness (QED) is 0.300. The van der Waals surface area contributed by atoms with Crippen LogP contribution < -0.4 is 11.1 Å². The molecular weight excluding hydrogens is 196 g/mol. The van der Waals surface area contributed by atoms with Crippen molar-refractivity contribution in [3.8, 4) is 0 Å². The van der Waals surface area contributed by atoms with E-state index >= 15 is 0 Å². The lowest BCUT2D eigenvalue weighted by Crippen LogP contribution is -2.52. The maximum atomic E-state index is 10.9. The molecule has 1 atom stereocenters. The highest BCUT2D eigenvalue weighted by atomic mass is 16.4. The van der Waals surface area contributed by atoms with Gasteiger partial charge in [0.05, 0.1) is 6.61 Å². The second kappa shape index (κ2) is 5.14. The van der Waals surface area contributed by atoms with Gasteiger partial charge < -0.3 is 26.4 Å². The number of nitrogens with one attached hydrogen (secondary N) is 1. The summed E-state index contributed by atoms with van der Waals surface area (Å²) >= 11 is 0. The third-order valence-electron chi connectivity index (χ3n) is 1.31. The first-order valence-electron chi connectivity index (χ1n) is 3.52. The van der Waals surface area contributed by atoms with Gasteiger partial charge in [0.1, 0.15) is 6.04 Å². The molecule has 0 aromatic carbocycles. The predicted molar refractivity (Wildman–Crippen MR) is 42.3 cm³/mol. The second-order valence-corrected chi connectivity index (χ2v) is 2.41. The molecule has 0 bridgehead atoms. The summed E-state index contributed by atoms with van der Waals surface area (Å²) in [5, 5.41) is 26.8. The monoisotopic (exact) mass is 206 g/mol. The number of aliphatic hydroxyl groups is 1. The zero-order chi connectivity index (χ0) is 11.3. The lowest BCUT2D eigenvalue weighted by molar-refractivity contribution is -0.153. The third kappa shape index (κ3) is 3.37. The molecule has 80 valence electrons. The predicted octanol–water partition coefficient (Wildman–Crippen LogP) is -3.04. The van der Waals surface area contributed by atoms with Crippen LogP contribution in [0.4, 0.5) is 0 Å². The van der Waals surface area contributed by atoms with Crippen molar-refractivity contribution in [3.63, 3.8) is 0 Å². The summed E-state index contributed by atoms with van der Waals surface area (Å²) in [7, 11) is 0. The Kier molecular flexibility index (Phi) is 4.53. The number of carboxylic acids is 2. The molecule has 0 aromatic heterocycles. The molecular formula is C6H10N2O6. The van der Waals surface area contributed by atoms with Crippen LogP contribution in [0.1, 0.15) is 0 Å². The molecule has 0 unspecified atom stereocenters. The highest BCUT2D eigenvalue weighted by Crippen LogP contribution is 1.86. The zero-order valence-electron chi connectivity index (χ0n) is 7.01. The zero-order valence-corrected chi connectivity index (χ0v) is 7.01. The molecule has 8 heteroatoms. The lowest BCUT2D eigenvalue weighted by atomic mass is 10.2. The molecule has 0 aliphatic rings. The first-order valence-corrected chi connectivity index (χ1v) is 3.52. The van der Waals surface area contributed by atoms with Gasteiger partial charge in [-0.3, -0.25) is 4.79 Å². The van der Waals surface area contributed by atoms with Crippen LogP contribution in [-0.4, -0.2) is 51.9 Å². The van der Waals surface area contributed by atoms with Crippen LogP contribution in [0.15, 0.2) is 0 Å². The Bertz CT molecular complexity index is 239. The van der Waals surface area contributed by atoms with Crippen LogP contribution in [0.25, 0.3) is 0 Å². The molecule has 0 aliphatic carbocycles. The smallest absolute Gasteiger partial charge is 0.338 e. The Balaban J connectivity index is 4.39. The Labute approximate surface area is 78.3 Å². The molecule has 0 heterocycles. The number of carbonyl (C=O) groups excluding carboxylic acids is 1. The van der Waals surface area contributed by atoms with E-state index in [2.05, 4.69) is 0 Å². The van der Waals surface area contributed by atoms with E-state index in [-0.39, 0.29) is 0 Å². The Morgan fingerprint density at radius 1 is 1.21 bits per heavy atom. The van der Waals surface area contributed by atoms with E-state index in [1.807, 2.05) is 0 Å². The fraction of sp³-hybridized carbons (Fsp3) is 0.500. The van der Waals surface area contributed by atoms with Crippen molar-refractivity contribution in [3.05, 3.63) is 0 Å². The van der Waals surface area contributed by atoms with Crippen molar-refractivity contribution in [1.29, 1.82) is 0 Å². The van der Waals surface area contributed by atoms with E-state index in [1.165, 1.54) is 0 Å². The van der Waals surface area contributed by atoms with E-state index < -0.39 is 36.5 Å². The van der Waals surface area contributed by atoms with E-state index in [1.54, 1.807) is 5.32 Å². The molecule has 0 fully saturated rings. The number of aliphatic carboxylic acids is 2. The van der Waals surface area contributed by atoms with Crippen molar-refractivity contribution in [1.82, 2.24) is 5.32 Å². The fourth-order valence-electron chi connectivity index (χ4n) is 0.561. The Hall–Kier alpha value is -1.67. The van der Waals surface area contributed by atoms with Crippen LogP contribution in [-0.2, 0) is 14.4 Å². The maximum absolute atomic E-state index is 10.9. The van der Waals surface area contributed by atoms with Gasteiger partial charge in [-0.2, -0.15) is 0 Å². The van der Waals surface area contributed by atoms with Gasteiger partial charge >= 0.3 is 11.9 Å². The van der Waals surface area contributed by atoms with Gasteiger partial charge in [-0.1, -0.05) is 0 Å². The normalized spacial score (nSPS) is 12.2. The number of hydrogen-bond donors (Lipinski definition) is 5. The molecule has 0 saturated carbocycles. The number of aliphatic hydroxyl groups excluding tert-OH is 1. The average Bonchev–Trinajstić information content (AvgIpc) is 2.11. The maximum Gasteiger partial charge on any atom is 0.338 e. The number of rotatable bonds is 5. The van der Waals surface area contributed by atoms with Crippen LogP contribution in [0, 0.1) is 0 Å². The van der Waals surface area contributed by atoms with Gasteiger partial charge in [0.25, 0.3) is 0 Å². The van der Waals surface area contributed by atoms with E-state index in [9.17, 15) is 14.4 Å². The summed E-state index contributed by atoms with van der Waals surface area (Å²) in [6.45, 7) is -0.697. The van der Waals surface area contributed by atoms with Gasteiger partial charge in [-0.05, 0) is 0 Å². The summed E-state index contributed by atoms with van der Waals surface area (Å²) in [6.07, 6.45) is 0. The standard InChI is InChI=1S/C6H10N2O6/c7-2(1-9)4(10)8-3(5(11)12)6(13)14/h2-3,9H,1,7H2,(H,8,10)(H,11,12)(H,13,14)/t2-/m0/s1. The number of amides is 1. The number of carboxylic acid groups (broad SMARTS) is 2. The first-order chi connectivity index (χ1) is 6.40. The second-order valence-electron chi connectivity index (χ2n) is 2.41. The van der Waals surface area contributed by atoms with Crippen LogP contribution in [0.5, 0.6) is 0 Å². The lowest BCUT2D eigenvalue weighted by Gasteiger charge is -2.12. The molecule has 1 amide bonds. The summed E-state index contributed by atoms with van der Waals surface area (Å²) in [6, 6.07) is -3.39. The van der Waals surface area contributed by atoms with Crippen molar-refractivity contribution >= 4 is 17.8 Å². The highest BCUT2D eigenvalue weighted by Gasteiger charge is 2.29. The molecule has 0 rings (SSSR count). The van der Waals surface area contributed by atoms with Crippen molar-refractivity contribution in [2.75, 3.05) is 6.61 Å². The van der Waals surface area contributed by atoms with Crippen molar-refractivity contribution in [2.45, 2.75) is 12.1 Å². The topological polar surface area (TPSA) is 150 Å². The molecule has 0 spiro atoms. The molecule has 0 saturated heterocycles. The van der Waals surface area contributed by atoms with Gasteiger partial charge in [-0.25, -0.2) is 9.59 Å². The van der Waals surface area contributed by atoms with Crippen LogP contribution >= 0.6 is 0 Å². The van der Waals surface area contributed by atoms with E-state index in [0.29, 0.717) is 0 Å². The van der Waals surface area contributed by atoms with E-state index in [4.69, 9.17) is 21.1 Å². The number of carbonyl (C=O) groups is 3. The summed E-state index contributed by atoms with van der Waals surface area (Å²) in [5.41, 5.74) is 5.02. The van der Waals surface area contributed by atoms with E-state index in [0.717, 1.165) is 0 Å². The third-order valence-corrected chi connectivity index (χ3v) is 1.31. The number of hydrogen-bond acceptors (Lipinski definition) is 5. The molecule has 0 radical (unpaired) electrons. The first kappa shape index (κ1) is 12.3. The van der Waals surface area contributed by atoms with Gasteiger partial charge in [0.2, 0.25) is 11.9 Å². The molecule has 0 aromatic rings. The molecule has 8 nitrogen and oxygen atoms in total. The molecule has 14 heavy (non-hydrogen) atoms.